The van der Waals surface area contributed by atoms with Crippen molar-refractivity contribution in [3.8, 4) is 0 Å². The summed E-state index contributed by atoms with van der Waals surface area (Å²) in [4.78, 5) is 23.8. The van der Waals surface area contributed by atoms with Crippen molar-refractivity contribution in [1.29, 1.82) is 0 Å². The van der Waals surface area contributed by atoms with Crippen LogP contribution in [0.3, 0.4) is 0 Å². The molecule has 4 rings (SSSR count). The molecule has 1 heterocycles. The van der Waals surface area contributed by atoms with Crippen molar-refractivity contribution in [2.45, 2.75) is 76.5 Å². The van der Waals surface area contributed by atoms with Gasteiger partial charge in [0.1, 0.15) is 11.7 Å². The van der Waals surface area contributed by atoms with E-state index in [0.29, 0.717) is 19.6 Å². The lowest BCUT2D eigenvalue weighted by atomic mass is 9.77. The van der Waals surface area contributed by atoms with Gasteiger partial charge in [-0.25, -0.2) is 0 Å². The molecule has 2 unspecified atom stereocenters. The maximum atomic E-state index is 12.0. The van der Waals surface area contributed by atoms with Crippen LogP contribution in [0.15, 0.2) is 60.7 Å². The lowest BCUT2D eigenvalue weighted by Crippen LogP contribution is -2.58. The Labute approximate surface area is 193 Å². The minimum atomic E-state index is -1.06. The molecule has 176 valence electrons. The summed E-state index contributed by atoms with van der Waals surface area (Å²) in [5, 5.41) is 0. The third-order valence-electron chi connectivity index (χ3n) is 6.12. The number of rotatable bonds is 8. The summed E-state index contributed by atoms with van der Waals surface area (Å²) < 4.78 is 30.1. The molecule has 0 bridgehead atoms. The number of carbonyl (C=O) groups excluding carboxylic acids is 2. The summed E-state index contributed by atoms with van der Waals surface area (Å²) in [5.74, 6) is -1.01. The molecule has 7 heteroatoms. The van der Waals surface area contributed by atoms with Gasteiger partial charge in [0.2, 0.25) is 6.29 Å². The zero-order valence-corrected chi connectivity index (χ0v) is 19.0. The molecule has 0 N–H and O–H groups in total. The second kappa shape index (κ2) is 10.5. The van der Waals surface area contributed by atoms with Gasteiger partial charge in [0.25, 0.3) is 0 Å². The fraction of sp³-hybridized carbons (Fsp3) is 0.462. The lowest BCUT2D eigenvalue weighted by Gasteiger charge is -2.43. The molecule has 1 saturated carbocycles. The average Bonchev–Trinajstić information content (AvgIpc) is 3.10. The number of carbonyl (C=O) groups is 2. The van der Waals surface area contributed by atoms with E-state index in [9.17, 15) is 9.59 Å². The molecule has 1 saturated heterocycles. The monoisotopic (exact) mass is 454 g/mol. The largest absolute Gasteiger partial charge is 0.453 e. The van der Waals surface area contributed by atoms with Crippen LogP contribution in [0.2, 0.25) is 0 Å². The summed E-state index contributed by atoms with van der Waals surface area (Å²) in [5.41, 5.74) is 1.03. The van der Waals surface area contributed by atoms with Crippen molar-refractivity contribution in [3.63, 3.8) is 0 Å². The van der Waals surface area contributed by atoms with Crippen LogP contribution >= 0.6 is 0 Å². The Balaban J connectivity index is 1.61. The number of ether oxygens (including phenoxy) is 5. The zero-order chi connectivity index (χ0) is 23.3. The highest BCUT2D eigenvalue weighted by Crippen LogP contribution is 2.47. The molecule has 33 heavy (non-hydrogen) atoms. The van der Waals surface area contributed by atoms with E-state index in [4.69, 9.17) is 23.7 Å². The van der Waals surface area contributed by atoms with E-state index < -0.39 is 36.0 Å². The molecule has 0 spiro atoms. The van der Waals surface area contributed by atoms with E-state index in [1.807, 2.05) is 60.7 Å². The average molecular weight is 455 g/mol. The predicted molar refractivity (Wildman–Crippen MR) is 119 cm³/mol. The van der Waals surface area contributed by atoms with E-state index in [1.165, 1.54) is 13.8 Å². The molecule has 7 nitrogen and oxygen atoms in total. The molecule has 0 radical (unpaired) electrons. The Morgan fingerprint density at radius 2 is 1.52 bits per heavy atom. The summed E-state index contributed by atoms with van der Waals surface area (Å²) in [6, 6.07) is 19.7. The van der Waals surface area contributed by atoms with Gasteiger partial charge in [0, 0.05) is 13.8 Å². The third kappa shape index (κ3) is 5.43. The Bertz CT molecular complexity index is 932. The van der Waals surface area contributed by atoms with Crippen molar-refractivity contribution in [1.82, 2.24) is 0 Å². The van der Waals surface area contributed by atoms with Crippen molar-refractivity contribution in [2.24, 2.45) is 0 Å². The molecule has 2 aliphatic rings. The second-order valence-electron chi connectivity index (χ2n) is 8.52. The highest BCUT2D eigenvalue weighted by atomic mass is 16.8. The molecule has 2 fully saturated rings. The first-order valence-corrected chi connectivity index (χ1v) is 11.3. The van der Waals surface area contributed by atoms with Crippen LogP contribution in [0.4, 0.5) is 0 Å². The van der Waals surface area contributed by atoms with Crippen LogP contribution in [-0.4, -0.2) is 42.1 Å². The SMILES string of the molecule is CC(=O)OC1O[C@@H]2[C@H](OCc3ccccc3)CCC[C@]2(OCc2ccccc2)C1OC(C)=O. The fourth-order valence-corrected chi connectivity index (χ4v) is 4.70. The highest BCUT2D eigenvalue weighted by Gasteiger charge is 2.64. The minimum absolute atomic E-state index is 0.302. The number of benzene rings is 2. The molecular weight excluding hydrogens is 424 g/mol. The number of esters is 2. The molecule has 0 amide bonds. The molecule has 1 aliphatic heterocycles. The van der Waals surface area contributed by atoms with Crippen molar-refractivity contribution < 1.29 is 33.3 Å². The number of fused-ring (bicyclic) bond motifs is 1. The molecule has 2 aromatic rings. The van der Waals surface area contributed by atoms with Gasteiger partial charge in [0.15, 0.2) is 6.10 Å². The van der Waals surface area contributed by atoms with Gasteiger partial charge in [-0.15, -0.1) is 0 Å². The highest BCUT2D eigenvalue weighted by molar-refractivity contribution is 5.67. The summed E-state index contributed by atoms with van der Waals surface area (Å²) >= 11 is 0. The van der Waals surface area contributed by atoms with Gasteiger partial charge in [-0.1, -0.05) is 60.7 Å². The standard InChI is InChI=1S/C26H30O7/c1-18(27)31-24-25(32-19(2)28)33-23-22(29-16-20-10-5-3-6-11-20)14-9-15-26(23,24)30-17-21-12-7-4-8-13-21/h3-8,10-13,22-25H,9,14-17H2,1-2H3/t22-,23-,24?,25?,26-/m1/s1. The topological polar surface area (TPSA) is 80.3 Å². The smallest absolute Gasteiger partial charge is 0.305 e. The Hall–Kier alpha value is -2.74. The molecule has 1 aliphatic carbocycles. The summed E-state index contributed by atoms with van der Waals surface area (Å²) in [6.45, 7) is 3.35. The van der Waals surface area contributed by atoms with Crippen molar-refractivity contribution in [3.05, 3.63) is 71.8 Å². The first-order valence-electron chi connectivity index (χ1n) is 11.3. The summed E-state index contributed by atoms with van der Waals surface area (Å²) in [7, 11) is 0. The van der Waals surface area contributed by atoms with E-state index in [0.717, 1.165) is 24.0 Å². The minimum Gasteiger partial charge on any atom is -0.453 e. The fourth-order valence-electron chi connectivity index (χ4n) is 4.70. The van der Waals surface area contributed by atoms with Gasteiger partial charge in [-0.2, -0.15) is 0 Å². The third-order valence-corrected chi connectivity index (χ3v) is 6.12. The maximum absolute atomic E-state index is 12.0. The molecule has 0 aromatic heterocycles. The van der Waals surface area contributed by atoms with E-state index in [2.05, 4.69) is 0 Å². The van der Waals surface area contributed by atoms with Gasteiger partial charge in [-0.05, 0) is 30.4 Å². The predicted octanol–water partition coefficient (Wildman–Crippen LogP) is 3.93. The first kappa shape index (κ1) is 23.4. The number of hydrogen-bond acceptors (Lipinski definition) is 7. The normalized spacial score (nSPS) is 28.7. The van der Waals surface area contributed by atoms with Gasteiger partial charge in [-0.3, -0.25) is 9.59 Å². The summed E-state index contributed by atoms with van der Waals surface area (Å²) in [6.07, 6.45) is -0.693. The van der Waals surface area contributed by atoms with Crippen molar-refractivity contribution in [2.75, 3.05) is 0 Å². The number of hydrogen-bond donors (Lipinski definition) is 0. The second-order valence-corrected chi connectivity index (χ2v) is 8.52. The van der Waals surface area contributed by atoms with Gasteiger partial charge in [0.05, 0.1) is 19.3 Å². The quantitative estimate of drug-likeness (QED) is 0.559. The Morgan fingerprint density at radius 3 is 2.12 bits per heavy atom. The van der Waals surface area contributed by atoms with Crippen LogP contribution in [0.25, 0.3) is 0 Å². The molecule has 5 atom stereocenters. The van der Waals surface area contributed by atoms with Crippen LogP contribution in [-0.2, 0) is 46.5 Å². The van der Waals surface area contributed by atoms with E-state index in [-0.39, 0.29) is 6.10 Å². The molecular formula is C26H30O7. The van der Waals surface area contributed by atoms with Crippen LogP contribution in [0, 0.1) is 0 Å². The Kier molecular flexibility index (Phi) is 7.42. The van der Waals surface area contributed by atoms with Gasteiger partial charge >= 0.3 is 11.9 Å². The van der Waals surface area contributed by atoms with E-state index >= 15 is 0 Å². The van der Waals surface area contributed by atoms with Crippen LogP contribution in [0.5, 0.6) is 0 Å². The zero-order valence-electron chi connectivity index (χ0n) is 19.0. The van der Waals surface area contributed by atoms with Crippen LogP contribution < -0.4 is 0 Å². The Morgan fingerprint density at radius 1 is 0.909 bits per heavy atom. The first-order chi connectivity index (χ1) is 16.0. The van der Waals surface area contributed by atoms with Crippen molar-refractivity contribution >= 4 is 11.9 Å². The maximum Gasteiger partial charge on any atom is 0.305 e. The van der Waals surface area contributed by atoms with E-state index in [1.54, 1.807) is 0 Å². The lowest BCUT2D eigenvalue weighted by molar-refractivity contribution is -0.203. The van der Waals surface area contributed by atoms with Crippen LogP contribution in [0.1, 0.15) is 44.2 Å². The molecule has 2 aromatic carbocycles. The van der Waals surface area contributed by atoms with Gasteiger partial charge < -0.3 is 23.7 Å².